The number of benzene rings is 1. The summed E-state index contributed by atoms with van der Waals surface area (Å²) in [7, 11) is 2.00. The quantitative estimate of drug-likeness (QED) is 0.840. The average molecular weight is 284 g/mol. The van der Waals surface area contributed by atoms with Crippen LogP contribution in [0.15, 0.2) is 48.8 Å². The first-order valence-corrected chi connectivity index (χ1v) is 7.52. The normalized spacial score (nSPS) is 12.4. The van der Waals surface area contributed by atoms with Crippen molar-refractivity contribution in [1.29, 1.82) is 0 Å². The van der Waals surface area contributed by atoms with E-state index in [0.29, 0.717) is 6.04 Å². The van der Waals surface area contributed by atoms with E-state index in [0.717, 1.165) is 18.6 Å². The molecule has 3 heteroatoms. The largest absolute Gasteiger partial charge is 0.491 e. The Balaban J connectivity index is 2.03. The number of ether oxygens (including phenoxy) is 1. The van der Waals surface area contributed by atoms with E-state index in [9.17, 15) is 0 Å². The highest BCUT2D eigenvalue weighted by Gasteiger charge is 2.10. The topological polar surface area (TPSA) is 34.2 Å². The number of nitrogens with one attached hydrogen (secondary N) is 1. The molecule has 0 amide bonds. The third kappa shape index (κ3) is 4.87. The second kappa shape index (κ2) is 7.79. The molecule has 1 N–H and O–H groups in total. The van der Waals surface area contributed by atoms with E-state index < -0.39 is 0 Å². The Morgan fingerprint density at radius 1 is 1.19 bits per heavy atom. The molecule has 0 saturated carbocycles. The summed E-state index contributed by atoms with van der Waals surface area (Å²) in [5.74, 6) is 0.934. The maximum Gasteiger partial charge on any atom is 0.120 e. The Kier molecular flexibility index (Phi) is 5.76. The summed E-state index contributed by atoms with van der Waals surface area (Å²) in [4.78, 5) is 4.17. The van der Waals surface area contributed by atoms with Crippen molar-refractivity contribution in [3.63, 3.8) is 0 Å². The zero-order chi connectivity index (χ0) is 15.1. The summed E-state index contributed by atoms with van der Waals surface area (Å²) in [6, 6.07) is 12.8. The highest BCUT2D eigenvalue weighted by Crippen LogP contribution is 2.23. The van der Waals surface area contributed by atoms with Crippen LogP contribution in [0.5, 0.6) is 5.75 Å². The Labute approximate surface area is 127 Å². The van der Waals surface area contributed by atoms with Gasteiger partial charge in [-0.3, -0.25) is 4.98 Å². The van der Waals surface area contributed by atoms with E-state index in [4.69, 9.17) is 4.74 Å². The van der Waals surface area contributed by atoms with Gasteiger partial charge in [0, 0.05) is 18.4 Å². The molecule has 0 aliphatic heterocycles. The number of pyridine rings is 1. The minimum Gasteiger partial charge on any atom is -0.491 e. The van der Waals surface area contributed by atoms with Gasteiger partial charge in [0.25, 0.3) is 0 Å². The molecule has 2 aromatic rings. The van der Waals surface area contributed by atoms with Crippen LogP contribution in [0, 0.1) is 0 Å². The van der Waals surface area contributed by atoms with Crippen molar-refractivity contribution in [3.05, 3.63) is 59.9 Å². The molecule has 0 saturated heterocycles. The van der Waals surface area contributed by atoms with Gasteiger partial charge in [-0.25, -0.2) is 0 Å². The molecule has 0 radical (unpaired) electrons. The first kappa shape index (κ1) is 15.5. The fourth-order valence-electron chi connectivity index (χ4n) is 2.41. The number of hydrogen-bond donors (Lipinski definition) is 1. The van der Waals surface area contributed by atoms with Crippen molar-refractivity contribution in [1.82, 2.24) is 10.3 Å². The maximum absolute atomic E-state index is 5.77. The highest BCUT2D eigenvalue weighted by molar-refractivity contribution is 5.31. The molecule has 0 fully saturated rings. The Bertz CT molecular complexity index is 540. The van der Waals surface area contributed by atoms with Gasteiger partial charge in [-0.1, -0.05) is 18.2 Å². The van der Waals surface area contributed by atoms with Gasteiger partial charge in [-0.15, -0.1) is 0 Å². The molecule has 0 aliphatic rings. The maximum atomic E-state index is 5.77. The van der Waals surface area contributed by atoms with Gasteiger partial charge in [0.15, 0.2) is 0 Å². The lowest BCUT2D eigenvalue weighted by atomic mass is 9.99. The molecule has 0 aliphatic carbocycles. The van der Waals surface area contributed by atoms with E-state index >= 15 is 0 Å². The molecule has 0 spiro atoms. The molecule has 1 aromatic carbocycles. The van der Waals surface area contributed by atoms with Gasteiger partial charge >= 0.3 is 0 Å². The minimum absolute atomic E-state index is 0.198. The highest BCUT2D eigenvalue weighted by atomic mass is 16.5. The Morgan fingerprint density at radius 2 is 2.05 bits per heavy atom. The third-order valence-corrected chi connectivity index (χ3v) is 3.43. The van der Waals surface area contributed by atoms with E-state index in [2.05, 4.69) is 34.6 Å². The van der Waals surface area contributed by atoms with Crippen molar-refractivity contribution in [2.75, 3.05) is 7.05 Å². The van der Waals surface area contributed by atoms with Gasteiger partial charge in [-0.05, 0) is 63.1 Å². The smallest absolute Gasteiger partial charge is 0.120 e. The first-order valence-electron chi connectivity index (χ1n) is 7.52. The molecule has 1 unspecified atom stereocenters. The van der Waals surface area contributed by atoms with Crippen LogP contribution >= 0.6 is 0 Å². The Hall–Kier alpha value is -1.87. The fraction of sp³-hybridized carbons (Fsp3) is 0.389. The molecular formula is C18H24N2O. The molecule has 2 rings (SSSR count). The van der Waals surface area contributed by atoms with Gasteiger partial charge < -0.3 is 10.1 Å². The van der Waals surface area contributed by atoms with Crippen LogP contribution in [0.4, 0.5) is 0 Å². The van der Waals surface area contributed by atoms with Crippen molar-refractivity contribution in [3.8, 4) is 5.75 Å². The van der Waals surface area contributed by atoms with Gasteiger partial charge in [0.05, 0.1) is 6.10 Å². The van der Waals surface area contributed by atoms with Crippen molar-refractivity contribution in [2.24, 2.45) is 0 Å². The van der Waals surface area contributed by atoms with Gasteiger partial charge in [0.1, 0.15) is 5.75 Å². The lowest BCUT2D eigenvalue weighted by Crippen LogP contribution is -2.17. The van der Waals surface area contributed by atoms with Gasteiger partial charge in [-0.2, -0.15) is 0 Å². The SMILES string of the molecule is CNC(CCc1cccnc1)c1cccc(OC(C)C)c1. The van der Waals surface area contributed by atoms with E-state index in [1.807, 2.05) is 45.4 Å². The van der Waals surface area contributed by atoms with Crippen LogP contribution in [0.1, 0.15) is 37.4 Å². The standard InChI is InChI=1S/C18H24N2O/c1-14(2)21-17-8-4-7-16(12-17)18(19-3)10-9-15-6-5-11-20-13-15/h4-8,11-14,18-19H,9-10H2,1-3H3. The lowest BCUT2D eigenvalue weighted by molar-refractivity contribution is 0.242. The molecule has 1 aromatic heterocycles. The van der Waals surface area contributed by atoms with Crippen molar-refractivity contribution >= 4 is 0 Å². The number of aromatic nitrogens is 1. The van der Waals surface area contributed by atoms with E-state index in [-0.39, 0.29) is 6.10 Å². The van der Waals surface area contributed by atoms with Crippen LogP contribution in [0.3, 0.4) is 0 Å². The van der Waals surface area contributed by atoms with E-state index in [1.54, 1.807) is 0 Å². The molecular weight excluding hydrogens is 260 g/mol. The fourth-order valence-corrected chi connectivity index (χ4v) is 2.41. The summed E-state index contributed by atoms with van der Waals surface area (Å²) in [6.45, 7) is 4.09. The second-order valence-electron chi connectivity index (χ2n) is 5.48. The number of aryl methyl sites for hydroxylation is 1. The summed E-state index contributed by atoms with van der Waals surface area (Å²) in [5, 5.41) is 3.39. The molecule has 3 nitrogen and oxygen atoms in total. The minimum atomic E-state index is 0.198. The first-order chi connectivity index (χ1) is 10.2. The molecule has 112 valence electrons. The summed E-state index contributed by atoms with van der Waals surface area (Å²) in [5.41, 5.74) is 2.53. The monoisotopic (exact) mass is 284 g/mol. The second-order valence-corrected chi connectivity index (χ2v) is 5.48. The van der Waals surface area contributed by atoms with Crippen LogP contribution in [0.2, 0.25) is 0 Å². The Morgan fingerprint density at radius 3 is 2.71 bits per heavy atom. The van der Waals surface area contributed by atoms with Crippen molar-refractivity contribution < 1.29 is 4.74 Å². The summed E-state index contributed by atoms with van der Waals surface area (Å²) in [6.07, 6.45) is 5.99. The van der Waals surface area contributed by atoms with Crippen LogP contribution < -0.4 is 10.1 Å². The lowest BCUT2D eigenvalue weighted by Gasteiger charge is -2.18. The van der Waals surface area contributed by atoms with E-state index in [1.165, 1.54) is 11.1 Å². The van der Waals surface area contributed by atoms with Crippen molar-refractivity contribution in [2.45, 2.75) is 38.8 Å². The zero-order valence-electron chi connectivity index (χ0n) is 13.0. The predicted molar refractivity (Wildman–Crippen MR) is 86.6 cm³/mol. The van der Waals surface area contributed by atoms with Crippen LogP contribution in [0.25, 0.3) is 0 Å². The number of rotatable bonds is 7. The predicted octanol–water partition coefficient (Wildman–Crippen LogP) is 3.76. The van der Waals surface area contributed by atoms with Crippen LogP contribution in [-0.4, -0.2) is 18.1 Å². The zero-order valence-corrected chi connectivity index (χ0v) is 13.0. The average Bonchev–Trinajstić information content (AvgIpc) is 2.49. The summed E-state index contributed by atoms with van der Waals surface area (Å²) >= 11 is 0. The third-order valence-electron chi connectivity index (χ3n) is 3.43. The molecule has 0 bridgehead atoms. The molecule has 1 heterocycles. The number of hydrogen-bond acceptors (Lipinski definition) is 3. The van der Waals surface area contributed by atoms with Gasteiger partial charge in [0.2, 0.25) is 0 Å². The number of nitrogens with zero attached hydrogens (tertiary/aromatic N) is 1. The summed E-state index contributed by atoms with van der Waals surface area (Å²) < 4.78 is 5.77. The molecule has 21 heavy (non-hydrogen) atoms. The molecule has 1 atom stereocenters. The van der Waals surface area contributed by atoms with Crippen LogP contribution in [-0.2, 0) is 6.42 Å².